The molecule has 30 heavy (non-hydrogen) atoms. The second kappa shape index (κ2) is 11.2. The van der Waals surface area contributed by atoms with Crippen LogP contribution in [0.15, 0.2) is 54.6 Å². The van der Waals surface area contributed by atoms with Crippen LogP contribution in [0.5, 0.6) is 5.75 Å². The number of hydrogen-bond donors (Lipinski definition) is 6. The fraction of sp³-hybridized carbons (Fsp3) is 0.286. The molecular formula is C21H25N3O5S. The van der Waals surface area contributed by atoms with Crippen LogP contribution in [-0.4, -0.2) is 51.9 Å². The van der Waals surface area contributed by atoms with Gasteiger partial charge in [-0.25, -0.2) is 4.79 Å². The molecule has 0 aromatic heterocycles. The van der Waals surface area contributed by atoms with Crippen molar-refractivity contribution >= 4 is 30.4 Å². The van der Waals surface area contributed by atoms with Gasteiger partial charge >= 0.3 is 5.97 Å². The second-order valence-electron chi connectivity index (χ2n) is 6.81. The van der Waals surface area contributed by atoms with E-state index in [4.69, 9.17) is 5.73 Å². The van der Waals surface area contributed by atoms with Gasteiger partial charge in [0.2, 0.25) is 11.8 Å². The largest absolute Gasteiger partial charge is 0.508 e. The molecule has 8 nitrogen and oxygen atoms in total. The van der Waals surface area contributed by atoms with E-state index in [2.05, 4.69) is 23.3 Å². The molecule has 0 aliphatic carbocycles. The Morgan fingerprint density at radius 3 is 1.97 bits per heavy atom. The van der Waals surface area contributed by atoms with Gasteiger partial charge in [0.15, 0.2) is 0 Å². The Morgan fingerprint density at radius 2 is 1.40 bits per heavy atom. The van der Waals surface area contributed by atoms with Crippen LogP contribution in [0.4, 0.5) is 0 Å². The molecule has 2 amide bonds. The van der Waals surface area contributed by atoms with Crippen molar-refractivity contribution in [3.63, 3.8) is 0 Å². The lowest BCUT2D eigenvalue weighted by atomic mass is 10.0. The summed E-state index contributed by atoms with van der Waals surface area (Å²) in [5.41, 5.74) is 7.11. The molecule has 0 spiro atoms. The van der Waals surface area contributed by atoms with Gasteiger partial charge in [0.25, 0.3) is 0 Å². The molecule has 0 fully saturated rings. The zero-order chi connectivity index (χ0) is 22.1. The van der Waals surface area contributed by atoms with E-state index in [0.29, 0.717) is 5.56 Å². The van der Waals surface area contributed by atoms with Gasteiger partial charge in [0.1, 0.15) is 17.8 Å². The van der Waals surface area contributed by atoms with Crippen LogP contribution in [0.2, 0.25) is 0 Å². The molecule has 0 saturated carbocycles. The summed E-state index contributed by atoms with van der Waals surface area (Å²) < 4.78 is 0. The minimum atomic E-state index is -1.21. The molecule has 0 radical (unpaired) electrons. The van der Waals surface area contributed by atoms with Gasteiger partial charge in [-0.15, -0.1) is 0 Å². The predicted molar refractivity (Wildman–Crippen MR) is 115 cm³/mol. The smallest absolute Gasteiger partial charge is 0.326 e. The Bertz CT molecular complexity index is 861. The minimum Gasteiger partial charge on any atom is -0.508 e. The summed E-state index contributed by atoms with van der Waals surface area (Å²) in [6.07, 6.45) is 0.187. The number of rotatable bonds is 10. The first kappa shape index (κ1) is 23.2. The highest BCUT2D eigenvalue weighted by atomic mass is 32.1. The molecule has 0 aliphatic heterocycles. The van der Waals surface area contributed by atoms with Crippen LogP contribution in [0.25, 0.3) is 0 Å². The Morgan fingerprint density at radius 1 is 0.867 bits per heavy atom. The van der Waals surface area contributed by atoms with Crippen LogP contribution in [0, 0.1) is 0 Å². The van der Waals surface area contributed by atoms with Crippen molar-refractivity contribution in [3.05, 3.63) is 65.7 Å². The number of carbonyl (C=O) groups excluding carboxylic acids is 2. The molecule has 6 N–H and O–H groups in total. The Labute approximate surface area is 179 Å². The molecule has 0 bridgehead atoms. The number of aromatic hydroxyl groups is 1. The van der Waals surface area contributed by atoms with E-state index in [0.717, 1.165) is 5.56 Å². The highest BCUT2D eigenvalue weighted by Gasteiger charge is 2.28. The highest BCUT2D eigenvalue weighted by molar-refractivity contribution is 7.80. The molecule has 2 rings (SSSR count). The van der Waals surface area contributed by atoms with Crippen molar-refractivity contribution in [3.8, 4) is 5.75 Å². The normalized spacial score (nSPS) is 13.7. The third-order valence-corrected chi connectivity index (χ3v) is 4.83. The maximum absolute atomic E-state index is 12.9. The standard InChI is InChI=1S/C21H25N3O5S/c22-16(12-30)19(26)23-17(10-13-4-2-1-3-5-13)20(27)24-18(21(28)29)11-14-6-8-15(25)9-7-14/h1-9,16-18,25,30H,10-12,22H2,(H,23,26)(H,24,27)(H,28,29)/t16-,17+,18+/m1/s1. The predicted octanol–water partition coefficient (Wildman–Crippen LogP) is 0.489. The summed E-state index contributed by atoms with van der Waals surface area (Å²) in [4.78, 5) is 36.8. The molecule has 0 aliphatic rings. The number of carboxylic acids is 1. The maximum Gasteiger partial charge on any atom is 0.326 e. The molecular weight excluding hydrogens is 406 g/mol. The molecule has 0 unspecified atom stereocenters. The number of phenolic OH excluding ortho intramolecular Hbond substituents is 1. The lowest BCUT2D eigenvalue weighted by molar-refractivity contribution is -0.142. The van der Waals surface area contributed by atoms with Gasteiger partial charge in [0, 0.05) is 18.6 Å². The number of nitrogens with two attached hydrogens (primary N) is 1. The number of carboxylic acid groups (broad SMARTS) is 1. The van der Waals surface area contributed by atoms with Gasteiger partial charge < -0.3 is 26.6 Å². The minimum absolute atomic E-state index is 0.0174. The van der Waals surface area contributed by atoms with E-state index in [-0.39, 0.29) is 24.3 Å². The van der Waals surface area contributed by atoms with Crippen LogP contribution < -0.4 is 16.4 Å². The lowest BCUT2D eigenvalue weighted by Crippen LogP contribution is -2.55. The Kier molecular flexibility index (Phi) is 8.70. The van der Waals surface area contributed by atoms with Crippen LogP contribution >= 0.6 is 12.6 Å². The number of aliphatic carboxylic acids is 1. The van der Waals surface area contributed by atoms with Crippen LogP contribution in [0.3, 0.4) is 0 Å². The molecule has 3 atom stereocenters. The lowest BCUT2D eigenvalue weighted by Gasteiger charge is -2.23. The van der Waals surface area contributed by atoms with Gasteiger partial charge in [-0.1, -0.05) is 42.5 Å². The van der Waals surface area contributed by atoms with Crippen molar-refractivity contribution < 1.29 is 24.6 Å². The molecule has 0 heterocycles. The van der Waals surface area contributed by atoms with E-state index in [1.807, 2.05) is 6.07 Å². The third kappa shape index (κ3) is 7.09. The van der Waals surface area contributed by atoms with E-state index in [1.165, 1.54) is 12.1 Å². The number of carbonyl (C=O) groups is 3. The monoisotopic (exact) mass is 431 g/mol. The average Bonchev–Trinajstić information content (AvgIpc) is 2.74. The summed E-state index contributed by atoms with van der Waals surface area (Å²) >= 11 is 3.99. The van der Waals surface area contributed by atoms with E-state index < -0.39 is 35.9 Å². The number of amides is 2. The Balaban J connectivity index is 2.15. The van der Waals surface area contributed by atoms with Crippen molar-refractivity contribution in [1.29, 1.82) is 0 Å². The van der Waals surface area contributed by atoms with Gasteiger partial charge in [-0.2, -0.15) is 12.6 Å². The topological polar surface area (TPSA) is 142 Å². The average molecular weight is 432 g/mol. The summed E-state index contributed by atoms with van der Waals surface area (Å²) in [5, 5.41) is 24.0. The summed E-state index contributed by atoms with van der Waals surface area (Å²) in [6.45, 7) is 0. The second-order valence-corrected chi connectivity index (χ2v) is 7.18. The fourth-order valence-electron chi connectivity index (χ4n) is 2.76. The maximum atomic E-state index is 12.9. The van der Waals surface area contributed by atoms with Gasteiger partial charge in [-0.05, 0) is 23.3 Å². The SMILES string of the molecule is N[C@H](CS)C(=O)N[C@@H](Cc1ccccc1)C(=O)N[C@@H](Cc1ccc(O)cc1)C(=O)O. The first-order chi connectivity index (χ1) is 14.3. The third-order valence-electron chi connectivity index (χ3n) is 4.44. The zero-order valence-corrected chi connectivity index (χ0v) is 17.1. The number of phenols is 1. The Hall–Kier alpha value is -3.04. The zero-order valence-electron chi connectivity index (χ0n) is 16.2. The molecule has 2 aromatic rings. The quantitative estimate of drug-likeness (QED) is 0.302. The number of hydrogen-bond acceptors (Lipinski definition) is 6. The molecule has 2 aromatic carbocycles. The van der Waals surface area contributed by atoms with E-state index >= 15 is 0 Å². The number of thiol groups is 1. The summed E-state index contributed by atoms with van der Waals surface area (Å²) in [5.74, 6) is -2.24. The first-order valence-electron chi connectivity index (χ1n) is 9.32. The van der Waals surface area contributed by atoms with Crippen molar-refractivity contribution in [2.24, 2.45) is 5.73 Å². The van der Waals surface area contributed by atoms with Crippen LogP contribution in [0.1, 0.15) is 11.1 Å². The summed E-state index contributed by atoms with van der Waals surface area (Å²) in [7, 11) is 0. The summed E-state index contributed by atoms with van der Waals surface area (Å²) in [6, 6.07) is 11.9. The molecule has 0 saturated heterocycles. The van der Waals surface area contributed by atoms with E-state index in [1.54, 1.807) is 36.4 Å². The van der Waals surface area contributed by atoms with Crippen molar-refractivity contribution in [2.45, 2.75) is 31.0 Å². The highest BCUT2D eigenvalue weighted by Crippen LogP contribution is 2.12. The number of benzene rings is 2. The van der Waals surface area contributed by atoms with Gasteiger partial charge in [-0.3, -0.25) is 9.59 Å². The van der Waals surface area contributed by atoms with E-state index in [9.17, 15) is 24.6 Å². The molecule has 160 valence electrons. The fourth-order valence-corrected chi connectivity index (χ4v) is 2.93. The van der Waals surface area contributed by atoms with Crippen LogP contribution in [-0.2, 0) is 27.2 Å². The number of nitrogens with one attached hydrogen (secondary N) is 2. The molecule has 9 heteroatoms. The van der Waals surface area contributed by atoms with Crippen molar-refractivity contribution in [1.82, 2.24) is 10.6 Å². The van der Waals surface area contributed by atoms with Crippen molar-refractivity contribution in [2.75, 3.05) is 5.75 Å². The van der Waals surface area contributed by atoms with Gasteiger partial charge in [0.05, 0.1) is 6.04 Å². The first-order valence-corrected chi connectivity index (χ1v) is 9.95.